The first kappa shape index (κ1) is 16.7. The smallest absolute Gasteiger partial charge is 0.123 e. The van der Waals surface area contributed by atoms with Crippen LogP contribution in [0.15, 0.2) is 54.6 Å². The molecule has 0 saturated carbocycles. The third-order valence-corrected chi connectivity index (χ3v) is 4.36. The average Bonchev–Trinajstić information content (AvgIpc) is 2.90. The maximum Gasteiger partial charge on any atom is 0.123 e. The van der Waals surface area contributed by atoms with Crippen LogP contribution in [0.3, 0.4) is 0 Å². The molecule has 0 amide bonds. The van der Waals surface area contributed by atoms with E-state index in [-0.39, 0.29) is 0 Å². The molecule has 0 spiro atoms. The van der Waals surface area contributed by atoms with E-state index in [9.17, 15) is 0 Å². The molecule has 1 heterocycles. The van der Waals surface area contributed by atoms with E-state index in [1.54, 1.807) is 0 Å². The van der Waals surface area contributed by atoms with Gasteiger partial charge in [0, 0.05) is 26.7 Å². The van der Waals surface area contributed by atoms with Gasteiger partial charge in [-0.3, -0.25) is 4.90 Å². The van der Waals surface area contributed by atoms with Gasteiger partial charge in [-0.2, -0.15) is 0 Å². The molecular weight excluding hydrogens is 296 g/mol. The van der Waals surface area contributed by atoms with E-state index in [0.29, 0.717) is 0 Å². The van der Waals surface area contributed by atoms with Crippen LogP contribution in [0.1, 0.15) is 11.4 Å². The van der Waals surface area contributed by atoms with Gasteiger partial charge >= 0.3 is 0 Å². The van der Waals surface area contributed by atoms with Crippen LogP contribution in [0, 0.1) is 0 Å². The fourth-order valence-electron chi connectivity index (χ4n) is 2.93. The second-order valence-electron chi connectivity index (χ2n) is 6.58. The lowest BCUT2D eigenvalue weighted by molar-refractivity contribution is 0.220. The third-order valence-electron chi connectivity index (χ3n) is 4.36. The summed E-state index contributed by atoms with van der Waals surface area (Å²) in [5.41, 5.74) is 3.61. The molecule has 0 fully saturated rings. The van der Waals surface area contributed by atoms with Crippen LogP contribution < -0.4 is 0 Å². The van der Waals surface area contributed by atoms with Crippen molar-refractivity contribution in [1.82, 2.24) is 19.4 Å². The number of nitrogens with zero attached hydrogens (tertiary/aromatic N) is 4. The highest BCUT2D eigenvalue weighted by atomic mass is 15.2. The van der Waals surface area contributed by atoms with Gasteiger partial charge in [0.25, 0.3) is 0 Å². The summed E-state index contributed by atoms with van der Waals surface area (Å²) in [4.78, 5) is 9.53. The number of hydrogen-bond acceptors (Lipinski definition) is 3. The molecule has 0 saturated heterocycles. The molecule has 4 heteroatoms. The van der Waals surface area contributed by atoms with E-state index < -0.39 is 0 Å². The first-order valence-electron chi connectivity index (χ1n) is 8.45. The topological polar surface area (TPSA) is 24.3 Å². The molecule has 0 bridgehead atoms. The lowest BCUT2D eigenvalue weighted by Crippen LogP contribution is -2.31. The molecule has 0 radical (unpaired) electrons. The molecule has 0 unspecified atom stereocenters. The average molecular weight is 322 g/mol. The normalized spacial score (nSPS) is 11.7. The molecule has 24 heavy (non-hydrogen) atoms. The fourth-order valence-corrected chi connectivity index (χ4v) is 2.93. The van der Waals surface area contributed by atoms with Gasteiger partial charge in [-0.25, -0.2) is 4.98 Å². The van der Waals surface area contributed by atoms with Crippen molar-refractivity contribution < 1.29 is 0 Å². The molecule has 0 aliphatic carbocycles. The second kappa shape index (κ2) is 7.60. The summed E-state index contributed by atoms with van der Waals surface area (Å²) in [5.74, 6) is 1.12. The van der Waals surface area contributed by atoms with Gasteiger partial charge in [0.15, 0.2) is 0 Å². The van der Waals surface area contributed by atoms with Crippen molar-refractivity contribution in [2.45, 2.75) is 13.1 Å². The van der Waals surface area contributed by atoms with E-state index >= 15 is 0 Å². The van der Waals surface area contributed by atoms with E-state index in [4.69, 9.17) is 4.98 Å². The zero-order valence-electron chi connectivity index (χ0n) is 14.8. The minimum Gasteiger partial charge on any atom is -0.330 e. The highest BCUT2D eigenvalue weighted by Gasteiger charge is 2.13. The van der Waals surface area contributed by atoms with Gasteiger partial charge in [0.2, 0.25) is 0 Å². The van der Waals surface area contributed by atoms with Crippen LogP contribution in [0.4, 0.5) is 0 Å². The van der Waals surface area contributed by atoms with Gasteiger partial charge in [0.05, 0.1) is 17.6 Å². The summed E-state index contributed by atoms with van der Waals surface area (Å²) in [6.45, 7) is 3.85. The number of likely N-dealkylation sites (N-methyl/N-ethyl adjacent to an activating group) is 1. The quantitative estimate of drug-likeness (QED) is 0.668. The first-order valence-corrected chi connectivity index (χ1v) is 8.45. The van der Waals surface area contributed by atoms with Crippen LogP contribution in [0.25, 0.3) is 11.0 Å². The third kappa shape index (κ3) is 4.02. The number of rotatable bonds is 7. The number of benzene rings is 2. The molecule has 126 valence electrons. The Hall–Kier alpha value is -2.17. The largest absolute Gasteiger partial charge is 0.330 e. The maximum absolute atomic E-state index is 4.83. The van der Waals surface area contributed by atoms with Crippen molar-refractivity contribution in [3.8, 4) is 0 Å². The Morgan fingerprint density at radius 2 is 1.58 bits per heavy atom. The summed E-state index contributed by atoms with van der Waals surface area (Å²) >= 11 is 0. The SMILES string of the molecule is CN(C)CCN(Cc1ccccc1)Cc1nc2ccccc2n1C. The van der Waals surface area contributed by atoms with Crippen molar-refractivity contribution >= 4 is 11.0 Å². The standard InChI is InChI=1S/C20H26N4/c1-22(2)13-14-24(15-17-9-5-4-6-10-17)16-20-21-18-11-7-8-12-19(18)23(20)3/h4-12H,13-16H2,1-3H3. The molecular formula is C20H26N4. The van der Waals surface area contributed by atoms with Crippen LogP contribution in [0.2, 0.25) is 0 Å². The molecule has 3 aromatic rings. The van der Waals surface area contributed by atoms with E-state index in [2.05, 4.69) is 84.0 Å². The molecule has 3 rings (SSSR count). The molecule has 0 aliphatic heterocycles. The van der Waals surface area contributed by atoms with E-state index in [1.165, 1.54) is 11.1 Å². The van der Waals surface area contributed by atoms with Crippen LogP contribution in [-0.2, 0) is 20.1 Å². The Balaban J connectivity index is 1.80. The predicted octanol–water partition coefficient (Wildman–Crippen LogP) is 3.14. The van der Waals surface area contributed by atoms with Gasteiger partial charge in [-0.1, -0.05) is 42.5 Å². The van der Waals surface area contributed by atoms with Crippen molar-refractivity contribution in [2.24, 2.45) is 7.05 Å². The van der Waals surface area contributed by atoms with Crippen molar-refractivity contribution in [3.05, 3.63) is 66.0 Å². The maximum atomic E-state index is 4.83. The number of para-hydroxylation sites is 2. The first-order chi connectivity index (χ1) is 11.6. The zero-order valence-corrected chi connectivity index (χ0v) is 14.8. The summed E-state index contributed by atoms with van der Waals surface area (Å²) in [7, 11) is 6.35. The molecule has 0 atom stereocenters. The zero-order chi connectivity index (χ0) is 16.9. The Morgan fingerprint density at radius 3 is 2.29 bits per heavy atom. The van der Waals surface area contributed by atoms with Crippen LogP contribution in [0.5, 0.6) is 0 Å². The Labute approximate surface area is 144 Å². The van der Waals surface area contributed by atoms with E-state index in [0.717, 1.165) is 37.5 Å². The number of aromatic nitrogens is 2. The summed E-state index contributed by atoms with van der Waals surface area (Å²) in [6.07, 6.45) is 0. The predicted molar refractivity (Wildman–Crippen MR) is 99.8 cm³/mol. The number of aryl methyl sites for hydroxylation is 1. The van der Waals surface area contributed by atoms with Gasteiger partial charge in [0.1, 0.15) is 5.82 Å². The Kier molecular flexibility index (Phi) is 5.28. The monoisotopic (exact) mass is 322 g/mol. The Bertz CT molecular complexity index is 777. The highest BCUT2D eigenvalue weighted by Crippen LogP contribution is 2.16. The molecule has 0 N–H and O–H groups in total. The number of fused-ring (bicyclic) bond motifs is 1. The Morgan fingerprint density at radius 1 is 0.875 bits per heavy atom. The minimum atomic E-state index is 0.855. The molecule has 2 aromatic carbocycles. The summed E-state index contributed by atoms with van der Waals surface area (Å²) in [5, 5.41) is 0. The highest BCUT2D eigenvalue weighted by molar-refractivity contribution is 5.75. The molecule has 1 aromatic heterocycles. The molecule has 4 nitrogen and oxygen atoms in total. The second-order valence-corrected chi connectivity index (χ2v) is 6.58. The van der Waals surface area contributed by atoms with Crippen LogP contribution in [-0.4, -0.2) is 46.5 Å². The molecule has 0 aliphatic rings. The minimum absolute atomic E-state index is 0.855. The van der Waals surface area contributed by atoms with E-state index in [1.807, 2.05) is 6.07 Å². The van der Waals surface area contributed by atoms with Gasteiger partial charge < -0.3 is 9.47 Å². The van der Waals surface area contributed by atoms with Gasteiger partial charge in [-0.15, -0.1) is 0 Å². The van der Waals surface area contributed by atoms with Crippen molar-refractivity contribution in [3.63, 3.8) is 0 Å². The lowest BCUT2D eigenvalue weighted by atomic mass is 10.2. The summed E-state index contributed by atoms with van der Waals surface area (Å²) in [6, 6.07) is 19.0. The number of imidazole rings is 1. The fraction of sp³-hybridized carbons (Fsp3) is 0.350. The van der Waals surface area contributed by atoms with Gasteiger partial charge in [-0.05, 0) is 31.8 Å². The van der Waals surface area contributed by atoms with Crippen LogP contribution >= 0.6 is 0 Å². The lowest BCUT2D eigenvalue weighted by Gasteiger charge is -2.24. The van der Waals surface area contributed by atoms with Crippen molar-refractivity contribution in [1.29, 1.82) is 0 Å². The number of hydrogen-bond donors (Lipinski definition) is 0. The summed E-state index contributed by atoms with van der Waals surface area (Å²) < 4.78 is 2.21. The van der Waals surface area contributed by atoms with Crippen molar-refractivity contribution in [2.75, 3.05) is 27.2 Å².